The van der Waals surface area contributed by atoms with Crippen LogP contribution in [0.5, 0.6) is 0 Å². The van der Waals surface area contributed by atoms with Crippen LogP contribution in [-0.4, -0.2) is 33.3 Å². The lowest BCUT2D eigenvalue weighted by molar-refractivity contribution is -0.137. The van der Waals surface area contributed by atoms with Gasteiger partial charge in [-0.2, -0.15) is 9.98 Å². The molecule has 1 fully saturated rings. The molecule has 1 aliphatic rings. The summed E-state index contributed by atoms with van der Waals surface area (Å²) >= 11 is 0. The van der Waals surface area contributed by atoms with Gasteiger partial charge in [0.2, 0.25) is 10.0 Å². The molecule has 0 heterocycles. The summed E-state index contributed by atoms with van der Waals surface area (Å²) in [6, 6.07) is 1.23. The molecule has 102 valence electrons. The first-order chi connectivity index (χ1) is 8.48. The van der Waals surface area contributed by atoms with Crippen LogP contribution < -0.4 is 4.72 Å². The van der Waals surface area contributed by atoms with Gasteiger partial charge in [-0.15, -0.1) is 0 Å². The monoisotopic (exact) mass is 274 g/mol. The Morgan fingerprint density at radius 3 is 2.56 bits per heavy atom. The molecule has 0 aliphatic heterocycles. The van der Waals surface area contributed by atoms with Gasteiger partial charge in [0.25, 0.3) is 0 Å². The SMILES string of the molecule is COC(=O)CS(=O)(=O)NC(C#N)C1CCCCC1. The summed E-state index contributed by atoms with van der Waals surface area (Å²) in [5.74, 6) is -1.53. The standard InChI is InChI=1S/C11H18N2O4S/c1-17-11(14)8-18(15,16)13-10(7-12)9-5-3-2-4-6-9/h9-10,13H,2-6,8H2,1H3. The number of hydrogen-bond donors (Lipinski definition) is 1. The number of nitrogens with zero attached hydrogens (tertiary/aromatic N) is 1. The highest BCUT2D eigenvalue weighted by atomic mass is 32.2. The van der Waals surface area contributed by atoms with Crippen molar-refractivity contribution in [1.29, 1.82) is 5.26 Å². The molecule has 0 bridgehead atoms. The third-order valence-corrected chi connectivity index (χ3v) is 4.33. The van der Waals surface area contributed by atoms with Crippen LogP contribution >= 0.6 is 0 Å². The van der Waals surface area contributed by atoms with E-state index in [4.69, 9.17) is 5.26 Å². The Labute approximate surface area is 107 Å². The van der Waals surface area contributed by atoms with Gasteiger partial charge in [-0.3, -0.25) is 4.79 Å². The Balaban J connectivity index is 2.62. The third kappa shape index (κ3) is 4.63. The highest BCUT2D eigenvalue weighted by molar-refractivity contribution is 7.90. The van der Waals surface area contributed by atoms with Gasteiger partial charge in [0, 0.05) is 0 Å². The van der Waals surface area contributed by atoms with Gasteiger partial charge in [-0.25, -0.2) is 8.42 Å². The average molecular weight is 274 g/mol. The number of methoxy groups -OCH3 is 1. The van der Waals surface area contributed by atoms with E-state index in [0.29, 0.717) is 0 Å². The molecule has 0 aromatic heterocycles. The molecule has 0 radical (unpaired) electrons. The predicted molar refractivity (Wildman–Crippen MR) is 64.9 cm³/mol. The molecule has 7 heteroatoms. The summed E-state index contributed by atoms with van der Waals surface area (Å²) in [7, 11) is -2.67. The van der Waals surface area contributed by atoms with E-state index in [1.807, 2.05) is 6.07 Å². The Morgan fingerprint density at radius 1 is 1.44 bits per heavy atom. The molecule has 1 rings (SSSR count). The van der Waals surface area contributed by atoms with E-state index < -0.39 is 27.8 Å². The summed E-state index contributed by atoms with van der Waals surface area (Å²) in [6.45, 7) is 0. The van der Waals surface area contributed by atoms with E-state index in [1.165, 1.54) is 0 Å². The molecule has 0 aromatic rings. The zero-order chi connectivity index (χ0) is 13.6. The minimum Gasteiger partial charge on any atom is -0.468 e. The van der Waals surface area contributed by atoms with Gasteiger partial charge < -0.3 is 4.74 Å². The second-order valence-electron chi connectivity index (χ2n) is 4.46. The number of sulfonamides is 1. The van der Waals surface area contributed by atoms with Crippen LogP contribution in [0.4, 0.5) is 0 Å². The van der Waals surface area contributed by atoms with Crippen molar-refractivity contribution >= 4 is 16.0 Å². The smallest absolute Gasteiger partial charge is 0.322 e. The van der Waals surface area contributed by atoms with E-state index in [-0.39, 0.29) is 5.92 Å². The maximum atomic E-state index is 11.6. The number of nitrogens with one attached hydrogen (secondary N) is 1. The van der Waals surface area contributed by atoms with Gasteiger partial charge in [0.15, 0.2) is 5.75 Å². The lowest BCUT2D eigenvalue weighted by Crippen LogP contribution is -2.42. The molecule has 18 heavy (non-hydrogen) atoms. The average Bonchev–Trinajstić information content (AvgIpc) is 2.36. The molecular weight excluding hydrogens is 256 g/mol. The summed E-state index contributed by atoms with van der Waals surface area (Å²) in [6.07, 6.45) is 4.85. The summed E-state index contributed by atoms with van der Waals surface area (Å²) in [5, 5.41) is 9.04. The quantitative estimate of drug-likeness (QED) is 0.738. The molecule has 1 N–H and O–H groups in total. The largest absolute Gasteiger partial charge is 0.468 e. The second kappa shape index (κ2) is 6.71. The van der Waals surface area contributed by atoms with Crippen molar-refractivity contribution in [3.05, 3.63) is 0 Å². The molecule has 1 atom stereocenters. The molecule has 0 aromatic carbocycles. The normalized spacial score (nSPS) is 18.9. The van der Waals surface area contributed by atoms with Crippen molar-refractivity contribution in [3.8, 4) is 6.07 Å². The van der Waals surface area contributed by atoms with Crippen molar-refractivity contribution in [2.75, 3.05) is 12.9 Å². The van der Waals surface area contributed by atoms with E-state index >= 15 is 0 Å². The van der Waals surface area contributed by atoms with Crippen LogP contribution in [0.2, 0.25) is 0 Å². The predicted octanol–water partition coefficient (Wildman–Crippen LogP) is 0.551. The number of rotatable bonds is 5. The van der Waals surface area contributed by atoms with Crippen LogP contribution in [0.15, 0.2) is 0 Å². The Morgan fingerprint density at radius 2 is 2.06 bits per heavy atom. The van der Waals surface area contributed by atoms with Crippen molar-refractivity contribution in [1.82, 2.24) is 4.72 Å². The molecular formula is C11H18N2O4S. The summed E-state index contributed by atoms with van der Waals surface area (Å²) in [4.78, 5) is 10.9. The van der Waals surface area contributed by atoms with Crippen molar-refractivity contribution in [2.45, 2.75) is 38.1 Å². The van der Waals surface area contributed by atoms with E-state index in [9.17, 15) is 13.2 Å². The number of ether oxygens (including phenoxy) is 1. The number of carbonyl (C=O) groups excluding carboxylic acids is 1. The fourth-order valence-corrected chi connectivity index (χ4v) is 3.29. The molecule has 6 nitrogen and oxygen atoms in total. The summed E-state index contributed by atoms with van der Waals surface area (Å²) < 4.78 is 29.9. The molecule has 0 amide bonds. The first kappa shape index (κ1) is 14.9. The van der Waals surface area contributed by atoms with Gasteiger partial charge in [-0.1, -0.05) is 19.3 Å². The maximum absolute atomic E-state index is 11.6. The topological polar surface area (TPSA) is 96.3 Å². The number of nitriles is 1. The zero-order valence-corrected chi connectivity index (χ0v) is 11.2. The minimum absolute atomic E-state index is 0.0381. The van der Waals surface area contributed by atoms with Crippen LogP contribution in [0.1, 0.15) is 32.1 Å². The van der Waals surface area contributed by atoms with Crippen LogP contribution in [0, 0.1) is 17.2 Å². The fourth-order valence-electron chi connectivity index (χ4n) is 2.14. The zero-order valence-electron chi connectivity index (χ0n) is 10.4. The molecule has 0 saturated heterocycles. The minimum atomic E-state index is -3.80. The Kier molecular flexibility index (Phi) is 5.56. The van der Waals surface area contributed by atoms with Gasteiger partial charge in [0.05, 0.1) is 13.2 Å². The van der Waals surface area contributed by atoms with E-state index in [2.05, 4.69) is 9.46 Å². The third-order valence-electron chi connectivity index (χ3n) is 3.10. The lowest BCUT2D eigenvalue weighted by Gasteiger charge is -2.25. The van der Waals surface area contributed by atoms with Crippen molar-refractivity contribution < 1.29 is 17.9 Å². The fraction of sp³-hybridized carbons (Fsp3) is 0.818. The van der Waals surface area contributed by atoms with Gasteiger partial charge in [0.1, 0.15) is 6.04 Å². The first-order valence-corrected chi connectivity index (χ1v) is 7.60. The van der Waals surface area contributed by atoms with Gasteiger partial charge in [-0.05, 0) is 18.8 Å². The highest BCUT2D eigenvalue weighted by Crippen LogP contribution is 2.26. The number of carbonyl (C=O) groups is 1. The summed E-state index contributed by atoms with van der Waals surface area (Å²) in [5.41, 5.74) is 0. The van der Waals surface area contributed by atoms with Crippen molar-refractivity contribution in [2.24, 2.45) is 5.92 Å². The molecule has 0 spiro atoms. The molecule has 1 saturated carbocycles. The van der Waals surface area contributed by atoms with Gasteiger partial charge >= 0.3 is 5.97 Å². The number of esters is 1. The van der Waals surface area contributed by atoms with E-state index in [1.54, 1.807) is 0 Å². The van der Waals surface area contributed by atoms with E-state index in [0.717, 1.165) is 39.2 Å². The van der Waals surface area contributed by atoms with Crippen LogP contribution in [-0.2, 0) is 19.6 Å². The molecule has 1 aliphatic carbocycles. The first-order valence-electron chi connectivity index (χ1n) is 5.95. The lowest BCUT2D eigenvalue weighted by atomic mass is 9.85. The Hall–Kier alpha value is -1.13. The molecule has 1 unspecified atom stereocenters. The second-order valence-corrected chi connectivity index (χ2v) is 6.21. The Bertz CT molecular complexity index is 421. The highest BCUT2D eigenvalue weighted by Gasteiger charge is 2.28. The van der Waals surface area contributed by atoms with Crippen LogP contribution in [0.25, 0.3) is 0 Å². The number of hydrogen-bond acceptors (Lipinski definition) is 5. The van der Waals surface area contributed by atoms with Crippen LogP contribution in [0.3, 0.4) is 0 Å². The maximum Gasteiger partial charge on any atom is 0.322 e. The van der Waals surface area contributed by atoms with Crippen molar-refractivity contribution in [3.63, 3.8) is 0 Å².